The quantitative estimate of drug-likeness (QED) is 0.654. The average Bonchev–Trinajstić information content (AvgIpc) is 3.26. The van der Waals surface area contributed by atoms with Crippen LogP contribution >= 0.6 is 0 Å². The fraction of sp³-hybridized carbons (Fsp3) is 0.412. The van der Waals surface area contributed by atoms with Crippen molar-refractivity contribution >= 4 is 5.97 Å². The highest BCUT2D eigenvalue weighted by atomic mass is 16.5. The van der Waals surface area contributed by atoms with Crippen molar-refractivity contribution < 1.29 is 19.5 Å². The second-order valence-electron chi connectivity index (χ2n) is 5.96. The van der Waals surface area contributed by atoms with E-state index in [9.17, 15) is 10.0 Å². The zero-order chi connectivity index (χ0) is 16.4. The van der Waals surface area contributed by atoms with Gasteiger partial charge in [0.25, 0.3) is 0 Å². The molecule has 0 unspecified atom stereocenters. The minimum atomic E-state index is -0.339. The lowest BCUT2D eigenvalue weighted by Crippen LogP contribution is -2.15. The van der Waals surface area contributed by atoms with Crippen molar-refractivity contribution in [1.29, 1.82) is 0 Å². The Morgan fingerprint density at radius 1 is 1.39 bits per heavy atom. The topological polar surface area (TPSA) is 73.6 Å². The molecule has 6 heteroatoms. The van der Waals surface area contributed by atoms with Gasteiger partial charge in [-0.25, -0.2) is 4.79 Å². The van der Waals surface area contributed by atoms with Gasteiger partial charge in [-0.15, -0.1) is 4.85 Å². The lowest BCUT2D eigenvalue weighted by atomic mass is 9.98. The van der Waals surface area contributed by atoms with Gasteiger partial charge >= 0.3 is 5.97 Å². The molecule has 1 fully saturated rings. The van der Waals surface area contributed by atoms with Crippen LogP contribution < -0.4 is 4.74 Å². The number of aromatic nitrogens is 2. The number of esters is 1. The second kappa shape index (κ2) is 6.32. The molecule has 1 aromatic heterocycles. The Morgan fingerprint density at radius 3 is 2.78 bits per heavy atom. The van der Waals surface area contributed by atoms with Crippen LogP contribution in [-0.2, 0) is 11.3 Å². The van der Waals surface area contributed by atoms with Gasteiger partial charge in [0, 0.05) is 11.6 Å². The maximum Gasteiger partial charge on any atom is 0.338 e. The first-order valence-corrected chi connectivity index (χ1v) is 7.75. The molecular formula is C17H20N2O4. The van der Waals surface area contributed by atoms with E-state index in [-0.39, 0.29) is 18.7 Å². The standard InChI is InChI=1S/C17H20N2O4/c1-11(2)23-17(20)14-5-3-4-13(12-6-7-12)15(14)10-22-16-8-9-19(21)18-16/h3-5,8-9,11-12,21H,6-7,10H2,1-2H3. The predicted octanol–water partition coefficient (Wildman–Crippen LogP) is 3.14. The molecule has 1 N–H and O–H groups in total. The maximum absolute atomic E-state index is 12.3. The number of hydrogen-bond acceptors (Lipinski definition) is 5. The molecule has 0 radical (unpaired) electrons. The van der Waals surface area contributed by atoms with E-state index in [2.05, 4.69) is 5.10 Å². The summed E-state index contributed by atoms with van der Waals surface area (Å²) in [5.74, 6) is 0.450. The number of carbonyl (C=O) groups excluding carboxylic acids is 1. The first-order valence-electron chi connectivity index (χ1n) is 7.75. The highest BCUT2D eigenvalue weighted by Crippen LogP contribution is 2.42. The summed E-state index contributed by atoms with van der Waals surface area (Å²) in [5.41, 5.74) is 2.51. The molecule has 1 saturated carbocycles. The predicted molar refractivity (Wildman–Crippen MR) is 82.7 cm³/mol. The molecule has 0 bridgehead atoms. The van der Waals surface area contributed by atoms with Crippen molar-refractivity contribution in [3.63, 3.8) is 0 Å². The number of nitrogens with zero attached hydrogens (tertiary/aromatic N) is 2. The van der Waals surface area contributed by atoms with Gasteiger partial charge in [0.05, 0.1) is 17.9 Å². The third kappa shape index (κ3) is 3.64. The summed E-state index contributed by atoms with van der Waals surface area (Å²) in [6.45, 7) is 3.87. The molecule has 1 aromatic carbocycles. The third-order valence-electron chi connectivity index (χ3n) is 3.71. The van der Waals surface area contributed by atoms with E-state index >= 15 is 0 Å². The van der Waals surface area contributed by atoms with Gasteiger partial charge in [-0.3, -0.25) is 0 Å². The van der Waals surface area contributed by atoms with E-state index in [1.165, 1.54) is 6.20 Å². The van der Waals surface area contributed by atoms with Gasteiger partial charge in [-0.1, -0.05) is 17.2 Å². The first-order chi connectivity index (χ1) is 11.0. The molecule has 2 aromatic rings. The summed E-state index contributed by atoms with van der Waals surface area (Å²) in [7, 11) is 0. The van der Waals surface area contributed by atoms with Crippen molar-refractivity contribution in [2.75, 3.05) is 0 Å². The molecule has 23 heavy (non-hydrogen) atoms. The SMILES string of the molecule is CC(C)OC(=O)c1cccc(C2CC2)c1COc1ccn(O)n1. The Kier molecular flexibility index (Phi) is 4.23. The van der Waals surface area contributed by atoms with Crippen LogP contribution in [-0.4, -0.2) is 27.2 Å². The van der Waals surface area contributed by atoms with Crippen LogP contribution in [0.25, 0.3) is 0 Å². The van der Waals surface area contributed by atoms with E-state index in [1.54, 1.807) is 12.1 Å². The molecule has 0 spiro atoms. The van der Waals surface area contributed by atoms with Crippen LogP contribution in [0.1, 0.15) is 54.1 Å². The van der Waals surface area contributed by atoms with E-state index in [0.717, 1.165) is 24.0 Å². The van der Waals surface area contributed by atoms with Crippen LogP contribution in [0.2, 0.25) is 0 Å². The number of rotatable bonds is 6. The van der Waals surface area contributed by atoms with Gasteiger partial charge in [0.15, 0.2) is 0 Å². The number of hydrogen-bond donors (Lipinski definition) is 1. The highest BCUT2D eigenvalue weighted by molar-refractivity contribution is 5.91. The molecule has 0 atom stereocenters. The molecule has 122 valence electrons. The third-order valence-corrected chi connectivity index (χ3v) is 3.71. The van der Waals surface area contributed by atoms with Gasteiger partial charge in [0.2, 0.25) is 5.88 Å². The summed E-state index contributed by atoms with van der Waals surface area (Å²) >= 11 is 0. The van der Waals surface area contributed by atoms with Crippen LogP contribution in [0.3, 0.4) is 0 Å². The summed E-state index contributed by atoms with van der Waals surface area (Å²) < 4.78 is 11.0. The molecule has 6 nitrogen and oxygen atoms in total. The van der Waals surface area contributed by atoms with E-state index in [1.807, 2.05) is 26.0 Å². The minimum absolute atomic E-state index is 0.175. The van der Waals surface area contributed by atoms with Crippen molar-refractivity contribution in [3.05, 3.63) is 47.2 Å². The largest absolute Gasteiger partial charge is 0.472 e. The van der Waals surface area contributed by atoms with Gasteiger partial charge in [0.1, 0.15) is 6.61 Å². The fourth-order valence-electron chi connectivity index (χ4n) is 2.53. The Bertz CT molecular complexity index is 704. The zero-order valence-electron chi connectivity index (χ0n) is 13.2. The molecule has 1 heterocycles. The number of ether oxygens (including phenoxy) is 2. The summed E-state index contributed by atoms with van der Waals surface area (Å²) in [4.78, 5) is 13.0. The Hall–Kier alpha value is -2.50. The summed E-state index contributed by atoms with van der Waals surface area (Å²) in [6, 6.07) is 7.25. The number of carbonyl (C=O) groups is 1. The lowest BCUT2D eigenvalue weighted by Gasteiger charge is -2.15. The first kappa shape index (κ1) is 15.4. The fourth-order valence-corrected chi connectivity index (χ4v) is 2.53. The molecule has 3 rings (SSSR count). The summed E-state index contributed by atoms with van der Waals surface area (Å²) in [5, 5.41) is 13.0. The molecule has 0 saturated heterocycles. The van der Waals surface area contributed by atoms with Gasteiger partial charge < -0.3 is 14.7 Å². The van der Waals surface area contributed by atoms with Crippen LogP contribution in [0.15, 0.2) is 30.5 Å². The van der Waals surface area contributed by atoms with Gasteiger partial charge in [-0.2, -0.15) is 0 Å². The highest BCUT2D eigenvalue weighted by Gasteiger charge is 2.29. The van der Waals surface area contributed by atoms with Crippen molar-refractivity contribution in [3.8, 4) is 5.88 Å². The minimum Gasteiger partial charge on any atom is -0.472 e. The van der Waals surface area contributed by atoms with Crippen molar-refractivity contribution in [2.24, 2.45) is 0 Å². The molecule has 1 aliphatic carbocycles. The van der Waals surface area contributed by atoms with Crippen LogP contribution in [0.5, 0.6) is 5.88 Å². The van der Waals surface area contributed by atoms with Crippen LogP contribution in [0.4, 0.5) is 0 Å². The van der Waals surface area contributed by atoms with Crippen LogP contribution in [0, 0.1) is 0 Å². The number of benzene rings is 1. The average molecular weight is 316 g/mol. The normalized spacial score (nSPS) is 14.0. The van der Waals surface area contributed by atoms with Crippen molar-refractivity contribution in [2.45, 2.75) is 45.3 Å². The van der Waals surface area contributed by atoms with E-state index in [0.29, 0.717) is 22.2 Å². The van der Waals surface area contributed by atoms with E-state index in [4.69, 9.17) is 9.47 Å². The monoisotopic (exact) mass is 316 g/mol. The van der Waals surface area contributed by atoms with Gasteiger partial charge in [-0.05, 0) is 44.2 Å². The van der Waals surface area contributed by atoms with E-state index < -0.39 is 0 Å². The molecular weight excluding hydrogens is 296 g/mol. The lowest BCUT2D eigenvalue weighted by molar-refractivity contribution is 0.0374. The Labute approximate surface area is 134 Å². The molecule has 0 aliphatic heterocycles. The Balaban J connectivity index is 1.86. The summed E-state index contributed by atoms with van der Waals surface area (Å²) in [6.07, 6.45) is 3.46. The zero-order valence-corrected chi connectivity index (χ0v) is 13.2. The van der Waals surface area contributed by atoms with Crippen molar-refractivity contribution in [1.82, 2.24) is 9.94 Å². The second-order valence-corrected chi connectivity index (χ2v) is 5.96. The Morgan fingerprint density at radius 2 is 2.17 bits per heavy atom. The smallest absolute Gasteiger partial charge is 0.338 e. The molecule has 1 aliphatic rings. The molecule has 0 amide bonds. The maximum atomic E-state index is 12.3.